The Kier molecular flexibility index (Phi) is 3.67. The number of para-hydroxylation sites is 1. The average molecular weight is 235 g/mol. The summed E-state index contributed by atoms with van der Waals surface area (Å²) in [5, 5.41) is 0. The Balaban J connectivity index is 1.90. The van der Waals surface area contributed by atoms with Crippen LogP contribution < -0.4 is 5.48 Å². The Hall–Kier alpha value is -1.94. The third kappa shape index (κ3) is 3.26. The summed E-state index contributed by atoms with van der Waals surface area (Å²) < 4.78 is 25.9. The third-order valence-corrected chi connectivity index (χ3v) is 2.21. The fourth-order valence-electron chi connectivity index (χ4n) is 1.34. The summed E-state index contributed by atoms with van der Waals surface area (Å²) in [6.07, 6.45) is 0. The van der Waals surface area contributed by atoms with E-state index >= 15 is 0 Å². The van der Waals surface area contributed by atoms with Crippen molar-refractivity contribution in [3.63, 3.8) is 0 Å². The minimum absolute atomic E-state index is 0.0288. The molecule has 0 radical (unpaired) electrons. The van der Waals surface area contributed by atoms with Gasteiger partial charge in [0.1, 0.15) is 18.2 Å². The van der Waals surface area contributed by atoms with Crippen LogP contribution in [0.25, 0.3) is 0 Å². The molecule has 2 aromatic rings. The molecular formula is C13H11F2NO. The number of rotatable bonds is 4. The zero-order valence-electron chi connectivity index (χ0n) is 8.99. The highest BCUT2D eigenvalue weighted by molar-refractivity contribution is 5.40. The highest BCUT2D eigenvalue weighted by Crippen LogP contribution is 2.11. The third-order valence-electron chi connectivity index (χ3n) is 2.21. The average Bonchev–Trinajstić information content (AvgIpc) is 2.33. The van der Waals surface area contributed by atoms with E-state index in [9.17, 15) is 8.78 Å². The van der Waals surface area contributed by atoms with Gasteiger partial charge in [-0.15, -0.1) is 0 Å². The van der Waals surface area contributed by atoms with E-state index in [1.807, 2.05) is 30.3 Å². The van der Waals surface area contributed by atoms with Crippen LogP contribution in [-0.4, -0.2) is 0 Å². The van der Waals surface area contributed by atoms with Crippen molar-refractivity contribution in [2.24, 2.45) is 0 Å². The molecule has 17 heavy (non-hydrogen) atoms. The van der Waals surface area contributed by atoms with E-state index in [-0.39, 0.29) is 6.61 Å². The molecule has 0 aromatic heterocycles. The molecule has 1 N–H and O–H groups in total. The van der Waals surface area contributed by atoms with Crippen LogP contribution in [-0.2, 0) is 11.4 Å². The van der Waals surface area contributed by atoms with Crippen molar-refractivity contribution in [3.05, 3.63) is 65.7 Å². The topological polar surface area (TPSA) is 21.3 Å². The summed E-state index contributed by atoms with van der Waals surface area (Å²) in [7, 11) is 0. The summed E-state index contributed by atoms with van der Waals surface area (Å²) in [5.74, 6) is -1.21. The maximum atomic E-state index is 13.2. The monoisotopic (exact) mass is 235 g/mol. The fraction of sp³-hybridized carbons (Fsp3) is 0.0769. The maximum Gasteiger partial charge on any atom is 0.131 e. The molecule has 0 spiro atoms. The van der Waals surface area contributed by atoms with Gasteiger partial charge in [-0.2, -0.15) is 0 Å². The van der Waals surface area contributed by atoms with Crippen LogP contribution in [0.4, 0.5) is 14.5 Å². The predicted octanol–water partition coefficient (Wildman–Crippen LogP) is 3.51. The number of benzene rings is 2. The lowest BCUT2D eigenvalue weighted by Crippen LogP contribution is -2.03. The summed E-state index contributed by atoms with van der Waals surface area (Å²) in [6.45, 7) is 0.0288. The van der Waals surface area contributed by atoms with Crippen LogP contribution in [0.2, 0.25) is 0 Å². The minimum Gasteiger partial charge on any atom is -0.271 e. The first-order chi connectivity index (χ1) is 8.25. The molecule has 0 aliphatic heterocycles. The summed E-state index contributed by atoms with van der Waals surface area (Å²) >= 11 is 0. The molecular weight excluding hydrogens is 224 g/mol. The predicted molar refractivity (Wildman–Crippen MR) is 61.2 cm³/mol. The number of halogens is 2. The smallest absolute Gasteiger partial charge is 0.131 e. The highest BCUT2D eigenvalue weighted by atomic mass is 19.1. The molecule has 0 aliphatic rings. The van der Waals surface area contributed by atoms with E-state index < -0.39 is 11.6 Å². The number of nitrogens with one attached hydrogen (secondary N) is 1. The van der Waals surface area contributed by atoms with Gasteiger partial charge in [0.2, 0.25) is 0 Å². The molecule has 0 fully saturated rings. The summed E-state index contributed by atoms with van der Waals surface area (Å²) in [6, 6.07) is 12.6. The van der Waals surface area contributed by atoms with Gasteiger partial charge in [-0.05, 0) is 18.2 Å². The van der Waals surface area contributed by atoms with Gasteiger partial charge in [0.05, 0.1) is 5.69 Å². The first kappa shape index (κ1) is 11.5. The normalized spacial score (nSPS) is 10.2. The lowest BCUT2D eigenvalue weighted by atomic mass is 10.2. The van der Waals surface area contributed by atoms with Gasteiger partial charge in [0.15, 0.2) is 0 Å². The second-order valence-electron chi connectivity index (χ2n) is 3.49. The van der Waals surface area contributed by atoms with Crippen LogP contribution in [0.15, 0.2) is 48.5 Å². The Labute approximate surface area is 97.8 Å². The Morgan fingerprint density at radius 1 is 1.00 bits per heavy atom. The molecule has 0 amide bonds. The zero-order valence-corrected chi connectivity index (χ0v) is 8.99. The highest BCUT2D eigenvalue weighted by Gasteiger charge is 2.03. The van der Waals surface area contributed by atoms with Crippen LogP contribution in [0.5, 0.6) is 0 Å². The van der Waals surface area contributed by atoms with Crippen molar-refractivity contribution in [3.8, 4) is 0 Å². The SMILES string of the molecule is Fc1ccc(CONc2ccccc2)c(F)c1. The van der Waals surface area contributed by atoms with Crippen molar-refractivity contribution in [2.75, 3.05) is 5.48 Å². The second kappa shape index (κ2) is 5.41. The van der Waals surface area contributed by atoms with E-state index in [0.717, 1.165) is 11.8 Å². The van der Waals surface area contributed by atoms with Crippen molar-refractivity contribution in [2.45, 2.75) is 6.61 Å². The van der Waals surface area contributed by atoms with Gasteiger partial charge in [0, 0.05) is 11.6 Å². The van der Waals surface area contributed by atoms with Crippen molar-refractivity contribution >= 4 is 5.69 Å². The Morgan fingerprint density at radius 2 is 1.76 bits per heavy atom. The summed E-state index contributed by atoms with van der Waals surface area (Å²) in [4.78, 5) is 5.11. The molecule has 0 bridgehead atoms. The van der Waals surface area contributed by atoms with Crippen molar-refractivity contribution in [1.82, 2.24) is 0 Å². The molecule has 0 saturated carbocycles. The molecule has 0 heterocycles. The second-order valence-corrected chi connectivity index (χ2v) is 3.49. The van der Waals surface area contributed by atoms with Crippen molar-refractivity contribution < 1.29 is 13.6 Å². The first-order valence-electron chi connectivity index (χ1n) is 5.12. The van der Waals surface area contributed by atoms with Crippen LogP contribution in [0, 0.1) is 11.6 Å². The van der Waals surface area contributed by atoms with E-state index in [4.69, 9.17) is 4.84 Å². The lowest BCUT2D eigenvalue weighted by Gasteiger charge is -2.07. The Bertz CT molecular complexity index is 488. The number of anilines is 1. The van der Waals surface area contributed by atoms with Gasteiger partial charge in [-0.1, -0.05) is 24.3 Å². The Morgan fingerprint density at radius 3 is 2.47 bits per heavy atom. The molecule has 2 rings (SSSR count). The first-order valence-corrected chi connectivity index (χ1v) is 5.12. The molecule has 0 unspecified atom stereocenters. The molecule has 0 aliphatic carbocycles. The van der Waals surface area contributed by atoms with Crippen LogP contribution in [0.1, 0.15) is 5.56 Å². The molecule has 2 nitrogen and oxygen atoms in total. The maximum absolute atomic E-state index is 13.2. The number of hydrogen-bond acceptors (Lipinski definition) is 2. The van der Waals surface area contributed by atoms with E-state index in [1.165, 1.54) is 12.1 Å². The minimum atomic E-state index is -0.611. The van der Waals surface area contributed by atoms with Gasteiger partial charge in [-0.3, -0.25) is 10.3 Å². The van der Waals surface area contributed by atoms with E-state index in [0.29, 0.717) is 5.56 Å². The van der Waals surface area contributed by atoms with E-state index in [1.54, 1.807) is 0 Å². The van der Waals surface area contributed by atoms with Gasteiger partial charge in [0.25, 0.3) is 0 Å². The molecule has 4 heteroatoms. The summed E-state index contributed by atoms with van der Waals surface area (Å²) in [5.41, 5.74) is 3.75. The van der Waals surface area contributed by atoms with Crippen LogP contribution in [0.3, 0.4) is 0 Å². The van der Waals surface area contributed by atoms with Gasteiger partial charge < -0.3 is 0 Å². The lowest BCUT2D eigenvalue weighted by molar-refractivity contribution is 0.177. The molecule has 0 atom stereocenters. The van der Waals surface area contributed by atoms with Crippen LogP contribution >= 0.6 is 0 Å². The van der Waals surface area contributed by atoms with Gasteiger partial charge >= 0.3 is 0 Å². The van der Waals surface area contributed by atoms with Gasteiger partial charge in [-0.25, -0.2) is 8.78 Å². The molecule has 2 aromatic carbocycles. The van der Waals surface area contributed by atoms with Crippen molar-refractivity contribution in [1.29, 1.82) is 0 Å². The fourth-order valence-corrected chi connectivity index (χ4v) is 1.34. The number of hydrogen-bond donors (Lipinski definition) is 1. The standard InChI is InChI=1S/C13H11F2NO/c14-11-7-6-10(13(15)8-11)9-17-16-12-4-2-1-3-5-12/h1-8,16H,9H2. The largest absolute Gasteiger partial charge is 0.271 e. The quantitative estimate of drug-likeness (QED) is 0.819. The zero-order chi connectivity index (χ0) is 12.1. The van der Waals surface area contributed by atoms with E-state index in [2.05, 4.69) is 5.48 Å². The molecule has 88 valence electrons. The molecule has 0 saturated heterocycles.